The number of carbonyl (C=O) groups excluding carboxylic acids is 1. The molecule has 0 saturated heterocycles. The first-order valence-corrected chi connectivity index (χ1v) is 9.07. The van der Waals surface area contributed by atoms with Crippen molar-refractivity contribution < 1.29 is 14.3 Å². The van der Waals surface area contributed by atoms with E-state index in [1.54, 1.807) is 6.92 Å². The third-order valence-electron chi connectivity index (χ3n) is 4.65. The van der Waals surface area contributed by atoms with Crippen molar-refractivity contribution in [1.29, 1.82) is 0 Å². The van der Waals surface area contributed by atoms with Gasteiger partial charge >= 0.3 is 0 Å². The Bertz CT molecular complexity index is 796. The van der Waals surface area contributed by atoms with Crippen LogP contribution in [-0.2, 0) is 4.79 Å². The lowest BCUT2D eigenvalue weighted by molar-refractivity contribution is -0.128. The third kappa shape index (κ3) is 4.18. The summed E-state index contributed by atoms with van der Waals surface area (Å²) in [5.74, 6) is 1.42. The predicted octanol–water partition coefficient (Wildman–Crippen LogP) is 4.49. The second kappa shape index (κ2) is 7.02. The Labute approximate surface area is 155 Å². The molecule has 1 aliphatic rings. The van der Waals surface area contributed by atoms with Crippen LogP contribution in [0.25, 0.3) is 0 Å². The number of nitrogens with one attached hydrogen (secondary N) is 1. The van der Waals surface area contributed by atoms with Crippen molar-refractivity contribution in [2.24, 2.45) is 0 Å². The molecule has 0 aliphatic carbocycles. The molecule has 0 spiro atoms. The van der Waals surface area contributed by atoms with Crippen molar-refractivity contribution in [1.82, 2.24) is 5.32 Å². The number of benzene rings is 2. The summed E-state index contributed by atoms with van der Waals surface area (Å²) in [6.07, 6.45) is 0.143. The van der Waals surface area contributed by atoms with Crippen LogP contribution in [0.1, 0.15) is 49.9 Å². The fourth-order valence-corrected chi connectivity index (χ4v) is 3.25. The van der Waals surface area contributed by atoms with E-state index in [1.807, 2.05) is 70.2 Å². The Hall–Kier alpha value is -2.49. The molecule has 0 bridgehead atoms. The van der Waals surface area contributed by atoms with E-state index in [4.69, 9.17) is 9.47 Å². The van der Waals surface area contributed by atoms with E-state index in [-0.39, 0.29) is 17.6 Å². The van der Waals surface area contributed by atoms with Gasteiger partial charge in [0.25, 0.3) is 5.91 Å². The highest BCUT2D eigenvalue weighted by atomic mass is 16.5. The van der Waals surface area contributed by atoms with Gasteiger partial charge in [-0.1, -0.05) is 29.8 Å². The van der Waals surface area contributed by atoms with Gasteiger partial charge in [-0.2, -0.15) is 0 Å². The lowest BCUT2D eigenvalue weighted by Gasteiger charge is -2.38. The second-order valence-corrected chi connectivity index (χ2v) is 7.74. The van der Waals surface area contributed by atoms with Crippen LogP contribution in [-0.4, -0.2) is 17.6 Å². The molecule has 2 aromatic rings. The van der Waals surface area contributed by atoms with E-state index in [0.717, 1.165) is 22.4 Å². The third-order valence-corrected chi connectivity index (χ3v) is 4.65. The van der Waals surface area contributed by atoms with Crippen molar-refractivity contribution >= 4 is 5.91 Å². The Balaban J connectivity index is 1.73. The van der Waals surface area contributed by atoms with E-state index < -0.39 is 6.10 Å². The Morgan fingerprint density at radius 2 is 1.81 bits per heavy atom. The first-order chi connectivity index (χ1) is 12.2. The van der Waals surface area contributed by atoms with Crippen LogP contribution in [0.3, 0.4) is 0 Å². The Morgan fingerprint density at radius 3 is 2.50 bits per heavy atom. The number of hydrogen-bond acceptors (Lipinski definition) is 3. The van der Waals surface area contributed by atoms with Crippen molar-refractivity contribution in [3.8, 4) is 11.5 Å². The predicted molar refractivity (Wildman–Crippen MR) is 103 cm³/mol. The maximum Gasteiger partial charge on any atom is 0.261 e. The summed E-state index contributed by atoms with van der Waals surface area (Å²) in [6, 6.07) is 13.7. The van der Waals surface area contributed by atoms with Gasteiger partial charge in [0, 0.05) is 12.0 Å². The molecule has 1 amide bonds. The lowest BCUT2D eigenvalue weighted by atomic mass is 9.89. The Morgan fingerprint density at radius 1 is 1.15 bits per heavy atom. The second-order valence-electron chi connectivity index (χ2n) is 7.74. The zero-order valence-corrected chi connectivity index (χ0v) is 16.1. The van der Waals surface area contributed by atoms with Crippen LogP contribution in [0.15, 0.2) is 42.5 Å². The molecule has 2 atom stereocenters. The van der Waals surface area contributed by atoms with Gasteiger partial charge in [-0.15, -0.1) is 0 Å². The number of carbonyl (C=O) groups is 1. The van der Waals surface area contributed by atoms with E-state index in [0.29, 0.717) is 12.2 Å². The molecule has 2 aromatic carbocycles. The highest BCUT2D eigenvalue weighted by Crippen LogP contribution is 2.39. The molecule has 138 valence electrons. The smallest absolute Gasteiger partial charge is 0.261 e. The molecular formula is C22H27NO3. The molecule has 0 fully saturated rings. The average Bonchev–Trinajstić information content (AvgIpc) is 2.55. The summed E-state index contributed by atoms with van der Waals surface area (Å²) in [5, 5.41) is 3.14. The lowest BCUT2D eigenvalue weighted by Crippen LogP contribution is -2.44. The molecule has 26 heavy (non-hydrogen) atoms. The van der Waals surface area contributed by atoms with Gasteiger partial charge in [0.2, 0.25) is 0 Å². The summed E-state index contributed by atoms with van der Waals surface area (Å²) in [6.45, 7) is 9.92. The molecule has 0 saturated carbocycles. The molecule has 4 heteroatoms. The zero-order chi connectivity index (χ0) is 18.9. The van der Waals surface area contributed by atoms with Crippen molar-refractivity contribution in [2.75, 3.05) is 0 Å². The molecule has 0 unspecified atom stereocenters. The Kier molecular flexibility index (Phi) is 4.94. The first-order valence-electron chi connectivity index (χ1n) is 9.07. The van der Waals surface area contributed by atoms with Crippen LogP contribution in [0.5, 0.6) is 11.5 Å². The molecule has 4 nitrogen and oxygen atoms in total. The normalized spacial score (nSPS) is 19.0. The largest absolute Gasteiger partial charge is 0.487 e. The van der Waals surface area contributed by atoms with Crippen molar-refractivity contribution in [3.05, 3.63) is 59.2 Å². The van der Waals surface area contributed by atoms with Gasteiger partial charge in [0.1, 0.15) is 17.1 Å². The zero-order valence-electron chi connectivity index (χ0n) is 16.1. The minimum absolute atomic E-state index is 0.0917. The molecule has 3 rings (SSSR count). The standard InChI is InChI=1S/C22H27NO3/c1-14-6-9-17(10-7-14)25-16(3)21(24)23-19-13-22(4,5)26-20-12-15(2)8-11-18(19)20/h6-12,16,19H,13H2,1-5H3,(H,23,24)/t16-,19-/m0/s1. The van der Waals surface area contributed by atoms with E-state index in [1.165, 1.54) is 0 Å². The van der Waals surface area contributed by atoms with Crippen molar-refractivity contribution in [3.63, 3.8) is 0 Å². The first kappa shape index (κ1) is 18.3. The minimum atomic E-state index is -0.572. The van der Waals surface area contributed by atoms with Crippen LogP contribution < -0.4 is 14.8 Å². The number of fused-ring (bicyclic) bond motifs is 1. The van der Waals surface area contributed by atoms with Gasteiger partial charge in [-0.3, -0.25) is 4.79 Å². The van der Waals surface area contributed by atoms with Gasteiger partial charge in [-0.25, -0.2) is 0 Å². The minimum Gasteiger partial charge on any atom is -0.487 e. The number of amides is 1. The van der Waals surface area contributed by atoms with E-state index in [2.05, 4.69) is 5.32 Å². The fraction of sp³-hybridized carbons (Fsp3) is 0.409. The molecule has 0 radical (unpaired) electrons. The summed E-state index contributed by atoms with van der Waals surface area (Å²) >= 11 is 0. The molecule has 1 aliphatic heterocycles. The van der Waals surface area contributed by atoms with Crippen molar-refractivity contribution in [2.45, 2.75) is 58.8 Å². The van der Waals surface area contributed by atoms with Crippen LogP contribution in [0.4, 0.5) is 0 Å². The fourth-order valence-electron chi connectivity index (χ4n) is 3.25. The van der Waals surface area contributed by atoms with Gasteiger partial charge in [-0.05, 0) is 58.4 Å². The number of aryl methyl sites for hydroxylation is 2. The molecule has 1 N–H and O–H groups in total. The maximum atomic E-state index is 12.7. The SMILES string of the molecule is Cc1ccc(O[C@@H](C)C(=O)N[C@H]2CC(C)(C)Oc3cc(C)ccc32)cc1. The van der Waals surface area contributed by atoms with Crippen LogP contribution in [0.2, 0.25) is 0 Å². The molecule has 1 heterocycles. The van der Waals surface area contributed by atoms with Crippen LogP contribution >= 0.6 is 0 Å². The van der Waals surface area contributed by atoms with Gasteiger partial charge in [0.15, 0.2) is 6.10 Å². The summed E-state index contributed by atoms with van der Waals surface area (Å²) < 4.78 is 11.9. The highest BCUT2D eigenvalue weighted by molar-refractivity contribution is 5.81. The maximum absolute atomic E-state index is 12.7. The van der Waals surface area contributed by atoms with E-state index >= 15 is 0 Å². The monoisotopic (exact) mass is 353 g/mol. The number of hydrogen-bond donors (Lipinski definition) is 1. The average molecular weight is 353 g/mol. The number of ether oxygens (including phenoxy) is 2. The molecular weight excluding hydrogens is 326 g/mol. The highest BCUT2D eigenvalue weighted by Gasteiger charge is 2.35. The topological polar surface area (TPSA) is 47.6 Å². The molecule has 0 aromatic heterocycles. The number of rotatable bonds is 4. The summed E-state index contributed by atoms with van der Waals surface area (Å²) in [7, 11) is 0. The van der Waals surface area contributed by atoms with Crippen LogP contribution in [0, 0.1) is 13.8 Å². The quantitative estimate of drug-likeness (QED) is 0.881. The van der Waals surface area contributed by atoms with Gasteiger partial charge < -0.3 is 14.8 Å². The van der Waals surface area contributed by atoms with Gasteiger partial charge in [0.05, 0.1) is 6.04 Å². The summed E-state index contributed by atoms with van der Waals surface area (Å²) in [5.41, 5.74) is 2.99. The summed E-state index contributed by atoms with van der Waals surface area (Å²) in [4.78, 5) is 12.7. The van der Waals surface area contributed by atoms with E-state index in [9.17, 15) is 4.79 Å².